The SMILES string of the molecule is Cc1cn([C@@H]2C[C@@H](Sc3ccccn3)[C@H](CO)O2)c(=O)[nH]c1=O. The molecule has 0 unspecified atom stereocenters. The molecule has 1 aliphatic rings. The van der Waals surface area contributed by atoms with E-state index in [4.69, 9.17) is 4.74 Å². The van der Waals surface area contributed by atoms with E-state index in [9.17, 15) is 14.7 Å². The Morgan fingerprint density at radius 2 is 2.30 bits per heavy atom. The smallest absolute Gasteiger partial charge is 0.330 e. The summed E-state index contributed by atoms with van der Waals surface area (Å²) < 4.78 is 7.17. The Morgan fingerprint density at radius 3 is 3.00 bits per heavy atom. The van der Waals surface area contributed by atoms with Crippen LogP contribution in [-0.4, -0.2) is 37.6 Å². The fourth-order valence-electron chi connectivity index (χ4n) is 2.53. The maximum absolute atomic E-state index is 12.0. The van der Waals surface area contributed by atoms with Gasteiger partial charge in [-0.1, -0.05) is 6.07 Å². The van der Waals surface area contributed by atoms with E-state index < -0.39 is 23.6 Å². The van der Waals surface area contributed by atoms with Crippen LogP contribution in [0.2, 0.25) is 0 Å². The van der Waals surface area contributed by atoms with Crippen LogP contribution in [0.1, 0.15) is 18.2 Å². The van der Waals surface area contributed by atoms with E-state index in [1.54, 1.807) is 13.1 Å². The largest absolute Gasteiger partial charge is 0.394 e. The standard InChI is InChI=1S/C15H17N3O4S/c1-9-7-18(15(21)17-14(9)20)13-6-11(10(8-19)22-13)23-12-4-2-3-5-16-12/h2-5,7,10-11,13,19H,6,8H2,1H3,(H,17,20,21)/t10-,11+,13-/m0/s1. The zero-order valence-corrected chi connectivity index (χ0v) is 13.3. The number of aromatic amines is 1. The van der Waals surface area contributed by atoms with Gasteiger partial charge in [0.1, 0.15) is 6.23 Å². The minimum Gasteiger partial charge on any atom is -0.394 e. The molecule has 1 saturated heterocycles. The van der Waals surface area contributed by atoms with Crippen molar-refractivity contribution in [3.63, 3.8) is 0 Å². The van der Waals surface area contributed by atoms with Crippen LogP contribution in [0.25, 0.3) is 0 Å². The monoisotopic (exact) mass is 335 g/mol. The Morgan fingerprint density at radius 1 is 1.48 bits per heavy atom. The number of nitrogens with one attached hydrogen (secondary N) is 1. The molecule has 0 saturated carbocycles. The molecule has 0 bridgehead atoms. The molecule has 2 aromatic heterocycles. The van der Waals surface area contributed by atoms with Gasteiger partial charge in [-0.2, -0.15) is 0 Å². The second-order valence-electron chi connectivity index (χ2n) is 5.35. The molecule has 8 heteroatoms. The molecule has 122 valence electrons. The van der Waals surface area contributed by atoms with Gasteiger partial charge in [-0.15, -0.1) is 11.8 Å². The number of nitrogens with zero attached hydrogens (tertiary/aromatic N) is 2. The number of hydrogen-bond donors (Lipinski definition) is 2. The van der Waals surface area contributed by atoms with Crippen molar-refractivity contribution in [1.29, 1.82) is 0 Å². The molecule has 0 aliphatic carbocycles. The number of aromatic nitrogens is 3. The van der Waals surface area contributed by atoms with E-state index >= 15 is 0 Å². The van der Waals surface area contributed by atoms with Crippen LogP contribution >= 0.6 is 11.8 Å². The van der Waals surface area contributed by atoms with Gasteiger partial charge in [0.05, 0.1) is 17.7 Å². The first-order valence-corrected chi connectivity index (χ1v) is 8.12. The van der Waals surface area contributed by atoms with E-state index in [0.29, 0.717) is 12.0 Å². The zero-order chi connectivity index (χ0) is 16.4. The number of pyridine rings is 1. The van der Waals surface area contributed by atoms with Crippen LogP contribution in [-0.2, 0) is 4.74 Å². The average molecular weight is 335 g/mol. The van der Waals surface area contributed by atoms with E-state index in [2.05, 4.69) is 9.97 Å². The van der Waals surface area contributed by atoms with Gasteiger partial charge in [0.25, 0.3) is 5.56 Å². The normalized spacial score (nSPS) is 24.0. The summed E-state index contributed by atoms with van der Waals surface area (Å²) in [7, 11) is 0. The first kappa shape index (κ1) is 16.0. The molecule has 3 heterocycles. The van der Waals surface area contributed by atoms with Crippen molar-refractivity contribution < 1.29 is 9.84 Å². The number of aryl methyl sites for hydroxylation is 1. The minimum absolute atomic E-state index is 0.0287. The molecule has 23 heavy (non-hydrogen) atoms. The number of ether oxygens (including phenoxy) is 1. The highest BCUT2D eigenvalue weighted by Gasteiger charge is 2.37. The quantitative estimate of drug-likeness (QED) is 0.853. The Hall–Kier alpha value is -1.90. The summed E-state index contributed by atoms with van der Waals surface area (Å²) in [5.41, 5.74) is -0.470. The Labute approximate surface area is 136 Å². The topological polar surface area (TPSA) is 97.2 Å². The molecule has 0 radical (unpaired) electrons. The molecule has 3 atom stereocenters. The fraction of sp³-hybridized carbons (Fsp3) is 0.400. The summed E-state index contributed by atoms with van der Waals surface area (Å²) in [5.74, 6) is 0. The summed E-state index contributed by atoms with van der Waals surface area (Å²) >= 11 is 1.51. The van der Waals surface area contributed by atoms with Gasteiger partial charge in [0.2, 0.25) is 0 Å². The molecule has 1 aliphatic heterocycles. The van der Waals surface area contributed by atoms with Crippen LogP contribution in [0.5, 0.6) is 0 Å². The van der Waals surface area contributed by atoms with Gasteiger partial charge in [0.15, 0.2) is 0 Å². The molecule has 2 aromatic rings. The average Bonchev–Trinajstić information content (AvgIpc) is 2.94. The Bertz CT molecular complexity index is 789. The summed E-state index contributed by atoms with van der Waals surface area (Å²) in [4.78, 5) is 30.0. The number of aliphatic hydroxyl groups excluding tert-OH is 1. The lowest BCUT2D eigenvalue weighted by atomic mass is 10.2. The molecule has 3 rings (SSSR count). The van der Waals surface area contributed by atoms with Crippen molar-refractivity contribution in [2.45, 2.75) is 36.0 Å². The van der Waals surface area contributed by atoms with Crippen LogP contribution in [0, 0.1) is 6.92 Å². The summed E-state index contributed by atoms with van der Waals surface area (Å²) in [6.45, 7) is 1.49. The molecular weight excluding hydrogens is 318 g/mol. The van der Waals surface area contributed by atoms with Gasteiger partial charge < -0.3 is 9.84 Å². The van der Waals surface area contributed by atoms with Gasteiger partial charge in [-0.3, -0.25) is 14.3 Å². The number of thioether (sulfide) groups is 1. The summed E-state index contributed by atoms with van der Waals surface area (Å²) in [6, 6.07) is 5.62. The van der Waals surface area contributed by atoms with Crippen LogP contribution in [0.3, 0.4) is 0 Å². The molecule has 0 aromatic carbocycles. The van der Waals surface area contributed by atoms with E-state index in [0.717, 1.165) is 5.03 Å². The maximum Gasteiger partial charge on any atom is 0.330 e. The van der Waals surface area contributed by atoms with E-state index in [1.165, 1.54) is 22.5 Å². The van der Waals surface area contributed by atoms with E-state index in [1.807, 2.05) is 18.2 Å². The molecule has 2 N–H and O–H groups in total. The van der Waals surface area contributed by atoms with Crippen LogP contribution in [0.15, 0.2) is 45.2 Å². The van der Waals surface area contributed by atoms with Gasteiger partial charge in [-0.25, -0.2) is 9.78 Å². The molecule has 0 spiro atoms. The van der Waals surface area contributed by atoms with Gasteiger partial charge >= 0.3 is 5.69 Å². The maximum atomic E-state index is 12.0. The van der Waals surface area contributed by atoms with Crippen molar-refractivity contribution in [3.05, 3.63) is 57.0 Å². The lowest BCUT2D eigenvalue weighted by Crippen LogP contribution is -2.33. The third-order valence-electron chi connectivity index (χ3n) is 3.73. The first-order chi connectivity index (χ1) is 11.1. The highest BCUT2D eigenvalue weighted by atomic mass is 32.2. The second-order valence-corrected chi connectivity index (χ2v) is 6.61. The highest BCUT2D eigenvalue weighted by molar-refractivity contribution is 7.99. The highest BCUT2D eigenvalue weighted by Crippen LogP contribution is 2.38. The molecular formula is C15H17N3O4S. The van der Waals surface area contributed by atoms with Gasteiger partial charge in [0, 0.05) is 29.6 Å². The van der Waals surface area contributed by atoms with Crippen LogP contribution in [0.4, 0.5) is 0 Å². The molecule has 7 nitrogen and oxygen atoms in total. The Balaban J connectivity index is 1.83. The number of rotatable bonds is 4. The van der Waals surface area contributed by atoms with Crippen LogP contribution < -0.4 is 11.2 Å². The molecule has 1 fully saturated rings. The Kier molecular flexibility index (Phi) is 4.65. The minimum atomic E-state index is -0.517. The van der Waals surface area contributed by atoms with Crippen molar-refractivity contribution in [1.82, 2.24) is 14.5 Å². The van der Waals surface area contributed by atoms with Crippen molar-refractivity contribution in [2.75, 3.05) is 6.61 Å². The van der Waals surface area contributed by atoms with Gasteiger partial charge in [-0.05, 0) is 19.1 Å². The lowest BCUT2D eigenvalue weighted by Gasteiger charge is -2.15. The van der Waals surface area contributed by atoms with E-state index in [-0.39, 0.29) is 11.9 Å². The van der Waals surface area contributed by atoms with Crippen molar-refractivity contribution in [2.24, 2.45) is 0 Å². The number of aliphatic hydroxyl groups is 1. The second kappa shape index (κ2) is 6.69. The summed E-state index contributed by atoms with van der Waals surface area (Å²) in [6.07, 6.45) is 2.83. The lowest BCUT2D eigenvalue weighted by molar-refractivity contribution is -0.0238. The fourth-order valence-corrected chi connectivity index (χ4v) is 3.68. The molecule has 0 amide bonds. The number of hydrogen-bond acceptors (Lipinski definition) is 6. The third-order valence-corrected chi connectivity index (χ3v) is 5.01. The first-order valence-electron chi connectivity index (χ1n) is 7.24. The van der Waals surface area contributed by atoms with Crippen molar-refractivity contribution >= 4 is 11.8 Å². The zero-order valence-electron chi connectivity index (χ0n) is 12.5. The van der Waals surface area contributed by atoms with Crippen molar-refractivity contribution in [3.8, 4) is 0 Å². The predicted octanol–water partition coefficient (Wildman–Crippen LogP) is 0.681. The predicted molar refractivity (Wildman–Crippen MR) is 85.6 cm³/mol. The number of H-pyrrole nitrogens is 1. The third kappa shape index (κ3) is 3.39. The summed E-state index contributed by atoms with van der Waals surface area (Å²) in [5, 5.41) is 10.4.